The largest absolute Gasteiger partial charge is 0.478 e. The minimum Gasteiger partial charge on any atom is -0.478 e. The van der Waals surface area contributed by atoms with E-state index >= 15 is 0 Å². The number of aliphatic hydroxyl groups excluding tert-OH is 2. The molecule has 0 fully saturated rings. The highest BCUT2D eigenvalue weighted by Gasteiger charge is 2.23. The molecule has 0 bridgehead atoms. The van der Waals surface area contributed by atoms with Gasteiger partial charge in [0.1, 0.15) is 0 Å². The van der Waals surface area contributed by atoms with Gasteiger partial charge in [0.15, 0.2) is 9.84 Å². The highest BCUT2D eigenvalue weighted by Crippen LogP contribution is 2.20. The molecule has 1 aromatic rings. The van der Waals surface area contributed by atoms with E-state index in [1.54, 1.807) is 0 Å². The van der Waals surface area contributed by atoms with E-state index in [0.717, 1.165) is 0 Å². The highest BCUT2D eigenvalue weighted by atomic mass is 32.2. The van der Waals surface area contributed by atoms with Gasteiger partial charge in [-0.3, -0.25) is 0 Å². The van der Waals surface area contributed by atoms with Crippen LogP contribution in [-0.4, -0.2) is 48.2 Å². The lowest BCUT2D eigenvalue weighted by Gasteiger charge is -2.12. The van der Waals surface area contributed by atoms with E-state index in [1.807, 2.05) is 0 Å². The van der Waals surface area contributed by atoms with Crippen molar-refractivity contribution in [3.63, 3.8) is 0 Å². The molecule has 0 spiro atoms. The van der Waals surface area contributed by atoms with Crippen LogP contribution in [0.5, 0.6) is 0 Å². The first-order valence-corrected chi connectivity index (χ1v) is 6.79. The number of carboxylic acid groups (broad SMARTS) is 1. The molecule has 1 unspecified atom stereocenters. The van der Waals surface area contributed by atoms with Crippen molar-refractivity contribution in [3.05, 3.63) is 29.3 Å². The van der Waals surface area contributed by atoms with Crippen molar-refractivity contribution < 1.29 is 28.5 Å². The summed E-state index contributed by atoms with van der Waals surface area (Å²) < 4.78 is 23.9. The van der Waals surface area contributed by atoms with Gasteiger partial charge in [0, 0.05) is 0 Å². The third-order valence-corrected chi connectivity index (χ3v) is 4.41. The molecule has 18 heavy (non-hydrogen) atoms. The summed E-state index contributed by atoms with van der Waals surface area (Å²) in [5.41, 5.74) is 0.0182. The first kappa shape index (κ1) is 14.6. The fraction of sp³-hybridized carbons (Fsp3) is 0.364. The number of sulfone groups is 1. The molecule has 0 aromatic heterocycles. The Kier molecular flexibility index (Phi) is 4.44. The Morgan fingerprint density at radius 1 is 1.39 bits per heavy atom. The number of hydrogen-bond acceptors (Lipinski definition) is 5. The fourth-order valence-electron chi connectivity index (χ4n) is 1.58. The summed E-state index contributed by atoms with van der Waals surface area (Å²) in [6, 6.07) is 3.91. The van der Waals surface area contributed by atoms with Gasteiger partial charge in [-0.05, 0) is 24.6 Å². The summed E-state index contributed by atoms with van der Waals surface area (Å²) in [5, 5.41) is 26.7. The Morgan fingerprint density at radius 3 is 2.50 bits per heavy atom. The maximum absolute atomic E-state index is 11.9. The smallest absolute Gasteiger partial charge is 0.335 e. The summed E-state index contributed by atoms with van der Waals surface area (Å²) in [6.07, 6.45) is -1.39. The molecule has 1 aromatic carbocycles. The molecular weight excluding hydrogens is 260 g/mol. The summed E-state index contributed by atoms with van der Waals surface area (Å²) in [4.78, 5) is 10.8. The van der Waals surface area contributed by atoms with Crippen LogP contribution in [-0.2, 0) is 9.84 Å². The van der Waals surface area contributed by atoms with Crippen molar-refractivity contribution in [2.75, 3.05) is 12.4 Å². The van der Waals surface area contributed by atoms with Gasteiger partial charge in [0.25, 0.3) is 0 Å². The number of aliphatic hydroxyl groups is 2. The van der Waals surface area contributed by atoms with Gasteiger partial charge in [-0.1, -0.05) is 6.07 Å². The lowest BCUT2D eigenvalue weighted by atomic mass is 10.1. The molecule has 0 amide bonds. The minimum absolute atomic E-state index is 0.102. The van der Waals surface area contributed by atoms with Gasteiger partial charge in [-0.2, -0.15) is 0 Å². The SMILES string of the molecule is Cc1c(C(=O)O)cccc1S(=O)(=O)CC(O)CO. The van der Waals surface area contributed by atoms with Crippen molar-refractivity contribution in [1.29, 1.82) is 0 Å². The standard InChI is InChI=1S/C11H14O6S/c1-7-9(11(14)15)3-2-4-10(7)18(16,17)6-8(13)5-12/h2-4,8,12-13H,5-6H2,1H3,(H,14,15). The van der Waals surface area contributed by atoms with E-state index in [-0.39, 0.29) is 16.0 Å². The molecule has 7 heteroatoms. The minimum atomic E-state index is -3.83. The first-order chi connectivity index (χ1) is 8.29. The zero-order chi connectivity index (χ0) is 13.9. The van der Waals surface area contributed by atoms with E-state index in [2.05, 4.69) is 0 Å². The van der Waals surface area contributed by atoms with Crippen molar-refractivity contribution in [1.82, 2.24) is 0 Å². The Bertz CT molecular complexity index is 549. The van der Waals surface area contributed by atoms with Gasteiger partial charge < -0.3 is 15.3 Å². The van der Waals surface area contributed by atoms with Gasteiger partial charge in [0.05, 0.1) is 28.9 Å². The van der Waals surface area contributed by atoms with Crippen LogP contribution in [0, 0.1) is 6.92 Å². The lowest BCUT2D eigenvalue weighted by molar-refractivity contribution is 0.0696. The van der Waals surface area contributed by atoms with Crippen molar-refractivity contribution in [2.24, 2.45) is 0 Å². The second-order valence-corrected chi connectivity index (χ2v) is 5.85. The van der Waals surface area contributed by atoms with E-state index < -0.39 is 34.3 Å². The van der Waals surface area contributed by atoms with Crippen LogP contribution in [0.1, 0.15) is 15.9 Å². The number of hydrogen-bond donors (Lipinski definition) is 3. The topological polar surface area (TPSA) is 112 Å². The molecule has 1 atom stereocenters. The molecule has 0 radical (unpaired) electrons. The van der Waals surface area contributed by atoms with Crippen LogP contribution in [0.2, 0.25) is 0 Å². The Labute approximate surface area is 104 Å². The van der Waals surface area contributed by atoms with Crippen molar-refractivity contribution in [3.8, 4) is 0 Å². The second kappa shape index (κ2) is 5.47. The third kappa shape index (κ3) is 3.06. The monoisotopic (exact) mass is 274 g/mol. The van der Waals surface area contributed by atoms with Crippen LogP contribution < -0.4 is 0 Å². The fourth-order valence-corrected chi connectivity index (χ4v) is 3.23. The number of carbonyl (C=O) groups is 1. The number of benzene rings is 1. The number of aromatic carboxylic acids is 1. The molecule has 6 nitrogen and oxygen atoms in total. The summed E-state index contributed by atoms with van der Waals surface area (Å²) in [5.74, 6) is -1.86. The summed E-state index contributed by atoms with van der Waals surface area (Å²) in [6.45, 7) is 0.721. The zero-order valence-electron chi connectivity index (χ0n) is 9.70. The van der Waals surface area contributed by atoms with E-state index in [1.165, 1.54) is 25.1 Å². The third-order valence-electron chi connectivity index (χ3n) is 2.47. The predicted octanol–water partition coefficient (Wildman–Crippen LogP) is -0.180. The Hall–Kier alpha value is -1.44. The summed E-state index contributed by atoms with van der Waals surface area (Å²) in [7, 11) is -3.83. The molecule has 0 heterocycles. The quantitative estimate of drug-likeness (QED) is 0.686. The van der Waals surface area contributed by atoms with Crippen LogP contribution in [0.25, 0.3) is 0 Å². The highest BCUT2D eigenvalue weighted by molar-refractivity contribution is 7.91. The number of rotatable bonds is 5. The van der Waals surface area contributed by atoms with E-state index in [9.17, 15) is 18.3 Å². The maximum atomic E-state index is 11.9. The molecule has 0 aliphatic rings. The first-order valence-electron chi connectivity index (χ1n) is 5.14. The van der Waals surface area contributed by atoms with Crippen LogP contribution in [0.4, 0.5) is 0 Å². The maximum Gasteiger partial charge on any atom is 0.335 e. The van der Waals surface area contributed by atoms with E-state index in [4.69, 9.17) is 10.2 Å². The van der Waals surface area contributed by atoms with Gasteiger partial charge in [-0.15, -0.1) is 0 Å². The lowest BCUT2D eigenvalue weighted by Crippen LogP contribution is -2.25. The summed E-state index contributed by atoms with van der Waals surface area (Å²) >= 11 is 0. The predicted molar refractivity (Wildman–Crippen MR) is 63.3 cm³/mol. The molecule has 100 valence electrons. The normalized spacial score (nSPS) is 13.3. The molecular formula is C11H14O6S. The molecule has 0 saturated carbocycles. The van der Waals surface area contributed by atoms with Crippen LogP contribution in [0.3, 0.4) is 0 Å². The van der Waals surface area contributed by atoms with Crippen LogP contribution in [0.15, 0.2) is 23.1 Å². The van der Waals surface area contributed by atoms with E-state index in [0.29, 0.717) is 0 Å². The average Bonchev–Trinajstić information content (AvgIpc) is 2.27. The second-order valence-electron chi connectivity index (χ2n) is 3.85. The molecule has 0 aliphatic heterocycles. The Balaban J connectivity index is 3.26. The van der Waals surface area contributed by atoms with Gasteiger partial charge >= 0.3 is 5.97 Å². The van der Waals surface area contributed by atoms with Crippen LogP contribution >= 0.6 is 0 Å². The average molecular weight is 274 g/mol. The van der Waals surface area contributed by atoms with Crippen molar-refractivity contribution in [2.45, 2.75) is 17.9 Å². The number of carboxylic acids is 1. The molecule has 3 N–H and O–H groups in total. The van der Waals surface area contributed by atoms with Crippen molar-refractivity contribution >= 4 is 15.8 Å². The molecule has 1 rings (SSSR count). The zero-order valence-corrected chi connectivity index (χ0v) is 10.5. The molecule has 0 aliphatic carbocycles. The molecule has 0 saturated heterocycles. The Morgan fingerprint density at radius 2 is 2.00 bits per heavy atom. The van der Waals surface area contributed by atoms with Gasteiger partial charge in [-0.25, -0.2) is 13.2 Å². The van der Waals surface area contributed by atoms with Gasteiger partial charge in [0.2, 0.25) is 0 Å².